The fraction of sp³-hybridized carbons (Fsp3) is 0.353. The topological polar surface area (TPSA) is 130 Å². The van der Waals surface area contributed by atoms with Gasteiger partial charge in [0.1, 0.15) is 5.75 Å². The van der Waals surface area contributed by atoms with Gasteiger partial charge in [0.25, 0.3) is 11.6 Å². The number of thiazole rings is 1. The molecule has 1 aromatic heterocycles. The molecule has 0 saturated carbocycles. The predicted octanol–water partition coefficient (Wildman–Crippen LogP) is 2.10. The van der Waals surface area contributed by atoms with Crippen molar-refractivity contribution in [2.45, 2.75) is 32.9 Å². The van der Waals surface area contributed by atoms with Crippen molar-refractivity contribution >= 4 is 34.6 Å². The third-order valence-corrected chi connectivity index (χ3v) is 4.73. The normalized spacial score (nSPS) is 11.5. The van der Waals surface area contributed by atoms with Gasteiger partial charge in [0.2, 0.25) is 0 Å². The second-order valence-electron chi connectivity index (χ2n) is 5.81. The van der Waals surface area contributed by atoms with Crippen molar-refractivity contribution in [1.29, 1.82) is 0 Å². The number of rotatable bonds is 8. The third-order valence-electron chi connectivity index (χ3n) is 3.85. The Bertz CT molecular complexity index is 950. The summed E-state index contributed by atoms with van der Waals surface area (Å²) in [7, 11) is 1.36. The van der Waals surface area contributed by atoms with Crippen LogP contribution in [0.15, 0.2) is 28.4 Å². The van der Waals surface area contributed by atoms with Crippen LogP contribution in [0.5, 0.6) is 5.75 Å². The quantitative estimate of drug-likeness (QED) is 0.401. The minimum absolute atomic E-state index is 0.0742. The standard InChI is InChI=1S/C17H19N3O7S/c1-10-9-28-17(23)19(10)7-6-15(21)27-11(2)16(22)18-13-8-12(20(24)25)4-5-14(13)26-3/h4-5,8-9,11H,6-7H2,1-3H3,(H,18,22)/t11-/m0/s1. The van der Waals surface area contributed by atoms with Crippen molar-refractivity contribution in [2.75, 3.05) is 12.4 Å². The van der Waals surface area contributed by atoms with Gasteiger partial charge in [-0.25, -0.2) is 0 Å². The monoisotopic (exact) mass is 409 g/mol. The average molecular weight is 409 g/mol. The average Bonchev–Trinajstić information content (AvgIpc) is 2.97. The number of aromatic nitrogens is 1. The molecule has 1 aromatic carbocycles. The summed E-state index contributed by atoms with van der Waals surface area (Å²) in [5.41, 5.74) is 0.605. The summed E-state index contributed by atoms with van der Waals surface area (Å²) >= 11 is 1.04. The van der Waals surface area contributed by atoms with E-state index in [1.54, 1.807) is 12.3 Å². The molecule has 0 fully saturated rings. The van der Waals surface area contributed by atoms with Gasteiger partial charge in [0.15, 0.2) is 6.10 Å². The number of esters is 1. The van der Waals surface area contributed by atoms with Crippen molar-refractivity contribution < 1.29 is 24.0 Å². The molecular weight excluding hydrogens is 390 g/mol. The van der Waals surface area contributed by atoms with Gasteiger partial charge in [0, 0.05) is 29.8 Å². The van der Waals surface area contributed by atoms with Crippen LogP contribution in [0.25, 0.3) is 0 Å². The lowest BCUT2D eigenvalue weighted by molar-refractivity contribution is -0.384. The molecule has 2 aromatic rings. The molecule has 0 saturated heterocycles. The molecule has 0 bridgehead atoms. The van der Waals surface area contributed by atoms with Crippen molar-refractivity contribution in [3.05, 3.63) is 49.1 Å². The number of anilines is 1. The molecule has 0 radical (unpaired) electrons. The van der Waals surface area contributed by atoms with Gasteiger partial charge in [-0.1, -0.05) is 11.3 Å². The Morgan fingerprint density at radius 3 is 2.68 bits per heavy atom. The Hall–Kier alpha value is -3.21. The van der Waals surface area contributed by atoms with Gasteiger partial charge < -0.3 is 19.4 Å². The van der Waals surface area contributed by atoms with Crippen LogP contribution < -0.4 is 14.9 Å². The van der Waals surface area contributed by atoms with E-state index >= 15 is 0 Å². The molecule has 0 aliphatic heterocycles. The predicted molar refractivity (Wildman–Crippen MR) is 102 cm³/mol. The number of aryl methyl sites for hydroxylation is 1. The van der Waals surface area contributed by atoms with Crippen molar-refractivity contribution in [3.8, 4) is 5.75 Å². The Labute approximate surface area is 163 Å². The maximum atomic E-state index is 12.3. The van der Waals surface area contributed by atoms with Crippen LogP contribution in [0.3, 0.4) is 0 Å². The fourth-order valence-electron chi connectivity index (χ4n) is 2.33. The van der Waals surface area contributed by atoms with Crippen LogP contribution in [0.2, 0.25) is 0 Å². The zero-order valence-corrected chi connectivity index (χ0v) is 16.3. The second-order valence-corrected chi connectivity index (χ2v) is 6.63. The highest BCUT2D eigenvalue weighted by molar-refractivity contribution is 7.07. The van der Waals surface area contributed by atoms with Crippen molar-refractivity contribution in [1.82, 2.24) is 4.57 Å². The van der Waals surface area contributed by atoms with E-state index in [0.29, 0.717) is 0 Å². The first-order valence-electron chi connectivity index (χ1n) is 8.20. The molecule has 1 heterocycles. The van der Waals surface area contributed by atoms with Crippen LogP contribution in [0.1, 0.15) is 19.0 Å². The number of nitrogens with one attached hydrogen (secondary N) is 1. The first-order valence-corrected chi connectivity index (χ1v) is 9.08. The first kappa shape index (κ1) is 21.1. The number of benzene rings is 1. The van der Waals surface area contributed by atoms with Gasteiger partial charge in [-0.3, -0.25) is 24.5 Å². The number of nitrogens with zero attached hydrogens (tertiary/aromatic N) is 2. The highest BCUT2D eigenvalue weighted by Gasteiger charge is 2.21. The smallest absolute Gasteiger partial charge is 0.308 e. The second kappa shape index (κ2) is 9.13. The molecule has 0 aliphatic carbocycles. The van der Waals surface area contributed by atoms with E-state index in [4.69, 9.17) is 9.47 Å². The van der Waals surface area contributed by atoms with E-state index in [9.17, 15) is 24.5 Å². The Balaban J connectivity index is 1.97. The molecule has 11 heteroatoms. The van der Waals surface area contributed by atoms with E-state index in [-0.39, 0.29) is 35.0 Å². The minimum Gasteiger partial charge on any atom is -0.495 e. The summed E-state index contributed by atoms with van der Waals surface area (Å²) in [5.74, 6) is -1.09. The molecular formula is C17H19N3O7S. The molecule has 0 unspecified atom stereocenters. The lowest BCUT2D eigenvalue weighted by atomic mass is 10.2. The third kappa shape index (κ3) is 5.16. The van der Waals surface area contributed by atoms with E-state index in [1.807, 2.05) is 0 Å². The van der Waals surface area contributed by atoms with Crippen molar-refractivity contribution in [2.24, 2.45) is 0 Å². The first-order chi connectivity index (χ1) is 13.2. The van der Waals surface area contributed by atoms with Crippen LogP contribution in [-0.4, -0.2) is 34.6 Å². The van der Waals surface area contributed by atoms with Gasteiger partial charge >= 0.3 is 10.8 Å². The number of nitro groups is 1. The lowest BCUT2D eigenvalue weighted by Crippen LogP contribution is -2.30. The molecule has 10 nitrogen and oxygen atoms in total. The molecule has 1 amide bonds. The molecule has 1 N–H and O–H groups in total. The van der Waals surface area contributed by atoms with E-state index in [1.165, 1.54) is 30.7 Å². The number of nitro benzene ring substituents is 1. The summed E-state index contributed by atoms with van der Waals surface area (Å²) in [5, 5.41) is 15.0. The highest BCUT2D eigenvalue weighted by Crippen LogP contribution is 2.29. The van der Waals surface area contributed by atoms with E-state index in [0.717, 1.165) is 23.1 Å². The van der Waals surface area contributed by atoms with Gasteiger partial charge in [-0.05, 0) is 19.9 Å². The fourth-order valence-corrected chi connectivity index (χ4v) is 3.09. The number of ether oxygens (including phenoxy) is 2. The Morgan fingerprint density at radius 2 is 2.11 bits per heavy atom. The van der Waals surface area contributed by atoms with Gasteiger partial charge in [0.05, 0.1) is 24.1 Å². The number of hydrogen-bond donors (Lipinski definition) is 1. The highest BCUT2D eigenvalue weighted by atomic mass is 32.1. The molecule has 0 spiro atoms. The summed E-state index contributed by atoms with van der Waals surface area (Å²) in [4.78, 5) is 46.0. The van der Waals surface area contributed by atoms with E-state index in [2.05, 4.69) is 5.32 Å². The zero-order valence-electron chi connectivity index (χ0n) is 15.5. The Morgan fingerprint density at radius 1 is 1.39 bits per heavy atom. The Kier molecular flexibility index (Phi) is 6.88. The SMILES string of the molecule is COc1ccc([N+](=O)[O-])cc1NC(=O)[C@H](C)OC(=O)CCn1c(C)csc1=O. The number of methoxy groups -OCH3 is 1. The lowest BCUT2D eigenvalue weighted by Gasteiger charge is -2.15. The maximum Gasteiger partial charge on any atom is 0.308 e. The van der Waals surface area contributed by atoms with Gasteiger partial charge in [-0.2, -0.15) is 0 Å². The van der Waals surface area contributed by atoms with E-state index < -0.39 is 22.9 Å². The zero-order chi connectivity index (χ0) is 20.8. The number of carbonyl (C=O) groups is 2. The molecule has 28 heavy (non-hydrogen) atoms. The van der Waals surface area contributed by atoms with Crippen LogP contribution in [-0.2, 0) is 20.9 Å². The van der Waals surface area contributed by atoms with Crippen LogP contribution in [0.4, 0.5) is 11.4 Å². The van der Waals surface area contributed by atoms with Crippen LogP contribution >= 0.6 is 11.3 Å². The summed E-state index contributed by atoms with van der Waals surface area (Å²) < 4.78 is 11.6. The minimum atomic E-state index is -1.14. The number of hydrogen-bond acceptors (Lipinski definition) is 8. The molecule has 0 aliphatic rings. The maximum absolute atomic E-state index is 12.3. The number of amides is 1. The largest absolute Gasteiger partial charge is 0.495 e. The molecule has 150 valence electrons. The molecule has 1 atom stereocenters. The summed E-state index contributed by atoms with van der Waals surface area (Å²) in [6.07, 6.45) is -1.22. The molecule has 2 rings (SSSR count). The van der Waals surface area contributed by atoms with Crippen LogP contribution in [0, 0.1) is 17.0 Å². The number of carbonyl (C=O) groups excluding carboxylic acids is 2. The summed E-state index contributed by atoms with van der Waals surface area (Å²) in [6.45, 7) is 3.28. The van der Waals surface area contributed by atoms with Gasteiger partial charge in [-0.15, -0.1) is 0 Å². The number of non-ortho nitro benzene ring substituents is 1. The summed E-state index contributed by atoms with van der Waals surface area (Å²) in [6, 6.07) is 3.74. The van der Waals surface area contributed by atoms with Crippen molar-refractivity contribution in [3.63, 3.8) is 0 Å².